The van der Waals surface area contributed by atoms with Crippen LogP contribution in [0.4, 0.5) is 0 Å². The molecule has 0 fully saturated rings. The fourth-order valence-electron chi connectivity index (χ4n) is 0.556. The average molecular weight is 152 g/mol. The minimum Gasteiger partial charge on any atom is -0.481 e. The predicted molar refractivity (Wildman–Crippen MR) is 45.3 cm³/mol. The van der Waals surface area contributed by atoms with Crippen LogP contribution in [0.2, 0.25) is 0 Å². The Labute approximate surface area is 66.5 Å². The minimum absolute atomic E-state index is 0.00799. The molecular weight excluding hydrogens is 140 g/mol. The Balaban J connectivity index is 3.78. The van der Waals surface area contributed by atoms with Crippen molar-refractivity contribution in [2.24, 2.45) is 0 Å². The maximum absolute atomic E-state index is 10.1. The summed E-state index contributed by atoms with van der Waals surface area (Å²) in [6, 6.07) is 0. The molecule has 0 aliphatic rings. The van der Waals surface area contributed by atoms with Crippen molar-refractivity contribution in [2.45, 2.75) is 13.3 Å². The normalized spacial score (nSPS) is 11.0. The molecule has 0 heterocycles. The zero-order chi connectivity index (χ0) is 8.69. The third kappa shape index (κ3) is 6.58. The monoisotopic (exact) mass is 152 g/mol. The fourth-order valence-corrected chi connectivity index (χ4v) is 0.556. The molecule has 60 valence electrons. The van der Waals surface area contributed by atoms with Crippen LogP contribution in [-0.4, -0.2) is 11.1 Å². The number of hydrogen-bond donors (Lipinski definition) is 1. The van der Waals surface area contributed by atoms with Crippen molar-refractivity contribution in [1.29, 1.82) is 0 Å². The zero-order valence-corrected chi connectivity index (χ0v) is 6.58. The minimum atomic E-state index is -0.847. The number of allylic oxidation sites excluding steroid dienone is 4. The number of carboxylic acid groups (broad SMARTS) is 1. The largest absolute Gasteiger partial charge is 0.481 e. The van der Waals surface area contributed by atoms with Crippen LogP contribution in [0, 0.1) is 0 Å². The molecule has 2 heteroatoms. The van der Waals surface area contributed by atoms with Crippen LogP contribution < -0.4 is 0 Å². The quantitative estimate of drug-likeness (QED) is 0.627. The van der Waals surface area contributed by atoms with Gasteiger partial charge in [0, 0.05) is 0 Å². The van der Waals surface area contributed by atoms with Gasteiger partial charge in [-0.2, -0.15) is 0 Å². The first-order chi connectivity index (χ1) is 5.16. The van der Waals surface area contributed by atoms with E-state index in [1.165, 1.54) is 0 Å². The summed E-state index contributed by atoms with van der Waals surface area (Å²) in [5, 5.41) is 8.33. The summed E-state index contributed by atoms with van der Waals surface area (Å²) >= 11 is 0. The van der Waals surface area contributed by atoms with Crippen molar-refractivity contribution in [2.75, 3.05) is 0 Å². The average Bonchev–Trinajstić information content (AvgIpc) is 1.86. The van der Waals surface area contributed by atoms with E-state index < -0.39 is 5.97 Å². The molecule has 0 aromatic rings. The molecule has 0 spiro atoms. The van der Waals surface area contributed by atoms with E-state index in [0.29, 0.717) is 5.57 Å². The lowest BCUT2D eigenvalue weighted by Gasteiger charge is -1.90. The Kier molecular flexibility index (Phi) is 4.82. The highest BCUT2D eigenvalue weighted by Gasteiger charge is 1.95. The molecule has 0 atom stereocenters. The van der Waals surface area contributed by atoms with Gasteiger partial charge in [-0.3, -0.25) is 4.79 Å². The summed E-state index contributed by atoms with van der Waals surface area (Å²) in [6.45, 7) is 5.46. The molecule has 0 amide bonds. The standard InChI is InChI=1S/C9H12O2/c1-3-4-5-6-8(2)7-9(10)11/h3-6H,2,7H2,1H3,(H,10,11)/b4-3-,6-5-. The first kappa shape index (κ1) is 9.69. The van der Waals surface area contributed by atoms with E-state index >= 15 is 0 Å². The second kappa shape index (κ2) is 5.47. The van der Waals surface area contributed by atoms with Gasteiger partial charge in [-0.05, 0) is 12.5 Å². The molecule has 11 heavy (non-hydrogen) atoms. The highest BCUT2D eigenvalue weighted by atomic mass is 16.4. The van der Waals surface area contributed by atoms with Gasteiger partial charge in [-0.15, -0.1) is 0 Å². The maximum atomic E-state index is 10.1. The van der Waals surface area contributed by atoms with Crippen molar-refractivity contribution in [3.05, 3.63) is 36.5 Å². The van der Waals surface area contributed by atoms with Crippen LogP contribution in [-0.2, 0) is 4.79 Å². The third-order valence-electron chi connectivity index (χ3n) is 1.01. The van der Waals surface area contributed by atoms with Crippen LogP contribution in [0.1, 0.15) is 13.3 Å². The van der Waals surface area contributed by atoms with E-state index in [-0.39, 0.29) is 6.42 Å². The molecule has 0 aliphatic carbocycles. The second-order valence-electron chi connectivity index (χ2n) is 2.11. The molecule has 1 N–H and O–H groups in total. The van der Waals surface area contributed by atoms with E-state index in [1.807, 2.05) is 19.1 Å². The van der Waals surface area contributed by atoms with Crippen LogP contribution in [0.5, 0.6) is 0 Å². The molecule has 0 unspecified atom stereocenters. The summed E-state index contributed by atoms with van der Waals surface area (Å²) in [5.74, 6) is -0.847. The van der Waals surface area contributed by atoms with E-state index in [4.69, 9.17) is 5.11 Å². The van der Waals surface area contributed by atoms with Crippen molar-refractivity contribution >= 4 is 5.97 Å². The van der Waals surface area contributed by atoms with Gasteiger partial charge in [-0.1, -0.05) is 30.9 Å². The van der Waals surface area contributed by atoms with Crippen LogP contribution in [0.15, 0.2) is 36.5 Å². The second-order valence-corrected chi connectivity index (χ2v) is 2.11. The Morgan fingerprint density at radius 2 is 2.18 bits per heavy atom. The lowest BCUT2D eigenvalue weighted by Crippen LogP contribution is -1.93. The molecule has 0 saturated carbocycles. The van der Waals surface area contributed by atoms with Gasteiger partial charge >= 0.3 is 5.97 Å². The first-order valence-corrected chi connectivity index (χ1v) is 3.35. The molecule has 0 rings (SSSR count). The lowest BCUT2D eigenvalue weighted by molar-refractivity contribution is -0.136. The fraction of sp³-hybridized carbons (Fsp3) is 0.222. The highest BCUT2D eigenvalue weighted by Crippen LogP contribution is 1.99. The van der Waals surface area contributed by atoms with E-state index in [1.54, 1.807) is 12.2 Å². The van der Waals surface area contributed by atoms with Gasteiger partial charge in [0.15, 0.2) is 0 Å². The lowest BCUT2D eigenvalue weighted by atomic mass is 10.2. The van der Waals surface area contributed by atoms with E-state index in [0.717, 1.165) is 0 Å². The molecule has 0 bridgehead atoms. The van der Waals surface area contributed by atoms with Crippen LogP contribution >= 0.6 is 0 Å². The Bertz CT molecular complexity index is 200. The van der Waals surface area contributed by atoms with Crippen molar-refractivity contribution in [1.82, 2.24) is 0 Å². The smallest absolute Gasteiger partial charge is 0.307 e. The summed E-state index contributed by atoms with van der Waals surface area (Å²) in [4.78, 5) is 10.1. The number of rotatable bonds is 4. The zero-order valence-electron chi connectivity index (χ0n) is 6.58. The predicted octanol–water partition coefficient (Wildman–Crippen LogP) is 2.15. The van der Waals surface area contributed by atoms with Gasteiger partial charge in [0.05, 0.1) is 6.42 Å². The molecule has 0 aliphatic heterocycles. The number of hydrogen-bond acceptors (Lipinski definition) is 1. The summed E-state index contributed by atoms with van der Waals surface area (Å²) < 4.78 is 0. The van der Waals surface area contributed by atoms with Gasteiger partial charge < -0.3 is 5.11 Å². The van der Waals surface area contributed by atoms with Crippen molar-refractivity contribution < 1.29 is 9.90 Å². The Morgan fingerprint density at radius 1 is 1.55 bits per heavy atom. The molecule has 0 radical (unpaired) electrons. The van der Waals surface area contributed by atoms with Crippen molar-refractivity contribution in [3.8, 4) is 0 Å². The number of carbonyl (C=O) groups is 1. The van der Waals surface area contributed by atoms with Gasteiger partial charge in [-0.25, -0.2) is 0 Å². The van der Waals surface area contributed by atoms with E-state index in [9.17, 15) is 4.79 Å². The van der Waals surface area contributed by atoms with Crippen LogP contribution in [0.25, 0.3) is 0 Å². The topological polar surface area (TPSA) is 37.3 Å². The molecule has 0 aromatic heterocycles. The van der Waals surface area contributed by atoms with Gasteiger partial charge in [0.25, 0.3) is 0 Å². The van der Waals surface area contributed by atoms with Crippen LogP contribution in [0.3, 0.4) is 0 Å². The van der Waals surface area contributed by atoms with Gasteiger partial charge in [0.1, 0.15) is 0 Å². The summed E-state index contributed by atoms with van der Waals surface area (Å²) in [6.07, 6.45) is 7.16. The van der Waals surface area contributed by atoms with E-state index in [2.05, 4.69) is 6.58 Å². The number of aliphatic carboxylic acids is 1. The maximum Gasteiger partial charge on any atom is 0.307 e. The molecule has 2 nitrogen and oxygen atoms in total. The van der Waals surface area contributed by atoms with Crippen molar-refractivity contribution in [3.63, 3.8) is 0 Å². The molecule has 0 saturated heterocycles. The van der Waals surface area contributed by atoms with Gasteiger partial charge in [0.2, 0.25) is 0 Å². The SMILES string of the molecule is C=C(/C=C\C=C/C)CC(=O)O. The highest BCUT2D eigenvalue weighted by molar-refractivity contribution is 5.70. The summed E-state index contributed by atoms with van der Waals surface area (Å²) in [5.41, 5.74) is 0.607. The Morgan fingerprint density at radius 3 is 2.64 bits per heavy atom. The molecular formula is C9H12O2. The number of carboxylic acids is 1. The third-order valence-corrected chi connectivity index (χ3v) is 1.01. The molecule has 0 aromatic carbocycles. The first-order valence-electron chi connectivity index (χ1n) is 3.35. The summed E-state index contributed by atoms with van der Waals surface area (Å²) in [7, 11) is 0. The Hall–Kier alpha value is -1.31.